The van der Waals surface area contributed by atoms with Gasteiger partial charge in [-0.15, -0.1) is 0 Å². The fraction of sp³-hybridized carbons (Fsp3) is 0.118. The third-order valence-electron chi connectivity index (χ3n) is 7.62. The van der Waals surface area contributed by atoms with Crippen LogP contribution in [0.3, 0.4) is 0 Å². The number of nitrogens with zero attached hydrogens (tertiary/aromatic N) is 2. The van der Waals surface area contributed by atoms with Gasteiger partial charge in [0.1, 0.15) is 18.2 Å². The van der Waals surface area contributed by atoms with Crippen LogP contribution in [0, 0.1) is 5.82 Å². The van der Waals surface area contributed by atoms with Crippen molar-refractivity contribution in [2.24, 2.45) is 4.99 Å². The summed E-state index contributed by atoms with van der Waals surface area (Å²) in [6.07, 6.45) is 3.55. The molecule has 0 amide bonds. The predicted molar refractivity (Wildman–Crippen MR) is 172 cm³/mol. The molecule has 2 heterocycles. The molecule has 0 spiro atoms. The van der Waals surface area contributed by atoms with Crippen molar-refractivity contribution in [2.75, 3.05) is 0 Å². The summed E-state index contributed by atoms with van der Waals surface area (Å²) in [6, 6.07) is 28.3. The van der Waals surface area contributed by atoms with Crippen LogP contribution in [-0.2, 0) is 13.0 Å². The molecule has 1 aliphatic heterocycles. The average molecular weight is 702 g/mol. The van der Waals surface area contributed by atoms with Gasteiger partial charge in [0.25, 0.3) is 5.56 Å². The minimum Gasteiger partial charge on any atom is -0.488 e. The molecule has 0 unspecified atom stereocenters. The first-order valence-electron chi connectivity index (χ1n) is 13.5. The molecule has 0 N–H and O–H groups in total. The maximum Gasteiger partial charge on any atom is 0.271 e. The number of ether oxygens (including phenoxy) is 1. The molecule has 0 saturated heterocycles. The maximum absolute atomic E-state index is 14.0. The molecule has 0 fully saturated rings. The number of aryl methyl sites for hydroxylation is 1. The van der Waals surface area contributed by atoms with E-state index in [2.05, 4.69) is 44.0 Å². The Labute approximate surface area is 262 Å². The van der Waals surface area contributed by atoms with E-state index in [-0.39, 0.29) is 17.4 Å². The van der Waals surface area contributed by atoms with Crippen LogP contribution in [0.5, 0.6) is 5.75 Å². The van der Waals surface area contributed by atoms with E-state index in [1.807, 2.05) is 60.7 Å². The molecule has 8 heteroatoms. The summed E-state index contributed by atoms with van der Waals surface area (Å²) >= 11 is 8.47. The van der Waals surface area contributed by atoms with Gasteiger partial charge in [-0.2, -0.15) is 0 Å². The molecule has 208 valence electrons. The lowest BCUT2D eigenvalue weighted by Gasteiger charge is -2.30. The first-order valence-corrected chi connectivity index (χ1v) is 15.9. The standard InChI is InChI=1S/C34H23Br2FN2O2S/c35-24-11-5-20(6-12-24)19-41-29-16-7-21(17-28(29)36)18-30-33(40)39-32(23-8-13-25(37)14-9-23)27-15-10-22-3-1-2-4-26(22)31(27)38-34(39)42-30/h1-9,11-14,16-18,32H,10,15,19H2/b30-18+/t32-/m1/s1. The van der Waals surface area contributed by atoms with Crippen molar-refractivity contribution in [1.29, 1.82) is 0 Å². The lowest BCUT2D eigenvalue weighted by molar-refractivity contribution is 0.304. The molecule has 42 heavy (non-hydrogen) atoms. The van der Waals surface area contributed by atoms with Crippen molar-refractivity contribution in [2.45, 2.75) is 25.5 Å². The molecule has 0 bridgehead atoms. The van der Waals surface area contributed by atoms with Crippen molar-refractivity contribution in [3.05, 3.63) is 159 Å². The highest BCUT2D eigenvalue weighted by Gasteiger charge is 2.32. The monoisotopic (exact) mass is 700 g/mol. The van der Waals surface area contributed by atoms with Crippen LogP contribution in [0.2, 0.25) is 0 Å². The first kappa shape index (κ1) is 27.3. The third-order valence-corrected chi connectivity index (χ3v) is 9.75. The van der Waals surface area contributed by atoms with Crippen molar-refractivity contribution >= 4 is 55.0 Å². The van der Waals surface area contributed by atoms with Gasteiger partial charge in [-0.05, 0) is 99.1 Å². The Morgan fingerprint density at radius 2 is 1.76 bits per heavy atom. The van der Waals surface area contributed by atoms with Gasteiger partial charge < -0.3 is 4.74 Å². The Morgan fingerprint density at radius 3 is 2.55 bits per heavy atom. The van der Waals surface area contributed by atoms with Crippen LogP contribution in [0.1, 0.15) is 40.3 Å². The van der Waals surface area contributed by atoms with E-state index in [4.69, 9.17) is 9.73 Å². The van der Waals surface area contributed by atoms with Crippen LogP contribution in [0.4, 0.5) is 4.39 Å². The lowest BCUT2D eigenvalue weighted by atomic mass is 9.83. The number of hydrogen-bond acceptors (Lipinski definition) is 4. The fourth-order valence-corrected chi connectivity index (χ4v) is 7.36. The zero-order valence-corrected chi connectivity index (χ0v) is 26.2. The molecule has 0 radical (unpaired) electrons. The Morgan fingerprint density at radius 1 is 0.976 bits per heavy atom. The third kappa shape index (κ3) is 5.12. The molecule has 5 aromatic rings. The van der Waals surface area contributed by atoms with Gasteiger partial charge in [-0.1, -0.05) is 81.9 Å². The van der Waals surface area contributed by atoms with Crippen molar-refractivity contribution in [3.8, 4) is 5.75 Å². The molecule has 1 aromatic heterocycles. The number of allylic oxidation sites excluding steroid dienone is 1. The van der Waals surface area contributed by atoms with Crippen LogP contribution >= 0.6 is 43.2 Å². The van der Waals surface area contributed by atoms with E-state index in [1.165, 1.54) is 29.0 Å². The van der Waals surface area contributed by atoms with Gasteiger partial charge >= 0.3 is 0 Å². The summed E-state index contributed by atoms with van der Waals surface area (Å²) in [4.78, 5) is 19.7. The quantitative estimate of drug-likeness (QED) is 0.190. The number of thiazole rings is 1. The summed E-state index contributed by atoms with van der Waals surface area (Å²) in [5.74, 6) is 0.420. The SMILES string of the molecule is O=c1/c(=C\c2ccc(OCc3ccc(Br)cc3)c(Br)c2)sc2n1[C@H](c1ccc(F)cc1)C1=C(N=2)c2ccccc2CC1. The smallest absolute Gasteiger partial charge is 0.271 e. The second kappa shape index (κ2) is 11.2. The first-order chi connectivity index (χ1) is 20.4. The average Bonchev–Trinajstić information content (AvgIpc) is 3.31. The Balaban J connectivity index is 1.28. The number of halogens is 3. The molecule has 2 aliphatic rings. The number of rotatable bonds is 5. The highest BCUT2D eigenvalue weighted by molar-refractivity contribution is 9.10. The summed E-state index contributed by atoms with van der Waals surface area (Å²) < 4.78 is 24.1. The minimum atomic E-state index is -0.339. The second-order valence-corrected chi connectivity index (χ2v) is 13.0. The minimum absolute atomic E-state index is 0.106. The number of hydrogen-bond donors (Lipinski definition) is 0. The Kier molecular flexibility index (Phi) is 7.30. The van der Waals surface area contributed by atoms with Crippen molar-refractivity contribution in [3.63, 3.8) is 0 Å². The highest BCUT2D eigenvalue weighted by atomic mass is 79.9. The summed E-state index contributed by atoms with van der Waals surface area (Å²) in [5.41, 5.74) is 7.08. The predicted octanol–water partition coefficient (Wildman–Crippen LogP) is 7.56. The van der Waals surface area contributed by atoms with E-state index in [1.54, 1.807) is 16.7 Å². The van der Waals surface area contributed by atoms with Crippen LogP contribution in [-0.4, -0.2) is 4.57 Å². The topological polar surface area (TPSA) is 43.6 Å². The van der Waals surface area contributed by atoms with Crippen molar-refractivity contribution < 1.29 is 9.13 Å². The maximum atomic E-state index is 14.0. The van der Waals surface area contributed by atoms with E-state index in [0.29, 0.717) is 15.9 Å². The van der Waals surface area contributed by atoms with Crippen LogP contribution in [0.25, 0.3) is 11.8 Å². The lowest BCUT2D eigenvalue weighted by Crippen LogP contribution is -2.38. The molecular weight excluding hydrogens is 679 g/mol. The molecule has 0 saturated carbocycles. The van der Waals surface area contributed by atoms with E-state index >= 15 is 0 Å². The molecule has 7 rings (SSSR count). The van der Waals surface area contributed by atoms with Gasteiger partial charge in [-0.3, -0.25) is 9.36 Å². The van der Waals surface area contributed by atoms with E-state index in [9.17, 15) is 9.18 Å². The zero-order valence-electron chi connectivity index (χ0n) is 22.2. The fourth-order valence-electron chi connectivity index (χ4n) is 5.58. The summed E-state index contributed by atoms with van der Waals surface area (Å²) in [5, 5.41) is 0. The molecule has 4 aromatic carbocycles. The van der Waals surface area contributed by atoms with Crippen LogP contribution < -0.4 is 19.6 Å². The number of fused-ring (bicyclic) bond motifs is 3. The van der Waals surface area contributed by atoms with Gasteiger partial charge in [0.15, 0.2) is 4.80 Å². The number of benzene rings is 4. The van der Waals surface area contributed by atoms with Gasteiger partial charge in [0.05, 0.1) is 20.7 Å². The summed E-state index contributed by atoms with van der Waals surface area (Å²) in [6.45, 7) is 0.445. The van der Waals surface area contributed by atoms with Crippen molar-refractivity contribution in [1.82, 2.24) is 4.57 Å². The molecule has 1 atom stereocenters. The zero-order chi connectivity index (χ0) is 28.8. The molecule has 4 nitrogen and oxygen atoms in total. The Bertz CT molecular complexity index is 2050. The molecular formula is C34H23Br2FN2O2S. The normalized spacial score (nSPS) is 16.0. The largest absolute Gasteiger partial charge is 0.488 e. The second-order valence-electron chi connectivity index (χ2n) is 10.3. The summed E-state index contributed by atoms with van der Waals surface area (Å²) in [7, 11) is 0. The Hall–Kier alpha value is -3.59. The van der Waals surface area contributed by atoms with Gasteiger partial charge in [-0.25, -0.2) is 9.38 Å². The van der Waals surface area contributed by atoms with Crippen LogP contribution in [0.15, 0.2) is 115 Å². The van der Waals surface area contributed by atoms with Gasteiger partial charge in [0, 0.05) is 10.0 Å². The number of aromatic nitrogens is 1. The van der Waals surface area contributed by atoms with E-state index in [0.717, 1.165) is 61.1 Å². The van der Waals surface area contributed by atoms with Gasteiger partial charge in [0.2, 0.25) is 0 Å². The highest BCUT2D eigenvalue weighted by Crippen LogP contribution is 2.41. The molecule has 1 aliphatic carbocycles. The van der Waals surface area contributed by atoms with E-state index < -0.39 is 0 Å².